The zero-order valence-electron chi connectivity index (χ0n) is 9.37. The molecule has 0 aromatic heterocycles. The minimum absolute atomic E-state index is 0.158. The van der Waals surface area contributed by atoms with Crippen LogP contribution in [0, 0.1) is 11.8 Å². The van der Waals surface area contributed by atoms with Gasteiger partial charge in [0.15, 0.2) is 9.84 Å². The Balaban J connectivity index is 4.30. The molecule has 0 aromatic rings. The van der Waals surface area contributed by atoms with E-state index in [9.17, 15) is 8.42 Å². The Kier molecular flexibility index (Phi) is 4.97. The van der Waals surface area contributed by atoms with Crippen molar-refractivity contribution in [2.45, 2.75) is 45.8 Å². The van der Waals surface area contributed by atoms with Gasteiger partial charge in [-0.25, -0.2) is 8.42 Å². The molecule has 0 fully saturated rings. The van der Waals surface area contributed by atoms with Gasteiger partial charge in [-0.05, 0) is 24.7 Å². The number of rotatable bonds is 5. The van der Waals surface area contributed by atoms with Gasteiger partial charge in [0.25, 0.3) is 0 Å². The van der Waals surface area contributed by atoms with Gasteiger partial charge in [-0.1, -0.05) is 27.7 Å². The van der Waals surface area contributed by atoms with Gasteiger partial charge in [0.05, 0.1) is 5.25 Å². The van der Waals surface area contributed by atoms with E-state index in [4.69, 9.17) is 0 Å². The predicted molar refractivity (Wildman–Crippen MR) is 57.5 cm³/mol. The maximum absolute atomic E-state index is 11.4. The van der Waals surface area contributed by atoms with Crippen molar-refractivity contribution in [1.82, 2.24) is 0 Å². The maximum atomic E-state index is 11.4. The van der Waals surface area contributed by atoms with Gasteiger partial charge in [-0.2, -0.15) is 0 Å². The molecule has 0 aliphatic heterocycles. The molecule has 0 amide bonds. The molecule has 1 unspecified atom stereocenters. The number of hydrogen-bond acceptors (Lipinski definition) is 2. The molecule has 0 bridgehead atoms. The molecule has 1 atom stereocenters. The maximum Gasteiger partial charge on any atom is 0.150 e. The zero-order chi connectivity index (χ0) is 10.6. The summed E-state index contributed by atoms with van der Waals surface area (Å²) in [6, 6.07) is 0. The Morgan fingerprint density at radius 3 is 1.69 bits per heavy atom. The summed E-state index contributed by atoms with van der Waals surface area (Å²) in [4.78, 5) is 0. The minimum Gasteiger partial charge on any atom is -0.229 e. The molecule has 13 heavy (non-hydrogen) atoms. The lowest BCUT2D eigenvalue weighted by molar-refractivity contribution is 0.467. The molecule has 3 heteroatoms. The molecule has 0 saturated carbocycles. The van der Waals surface area contributed by atoms with Gasteiger partial charge in [0, 0.05) is 6.26 Å². The molecule has 0 spiro atoms. The average Bonchev–Trinajstić information content (AvgIpc) is 1.81. The summed E-state index contributed by atoms with van der Waals surface area (Å²) in [5, 5.41) is -0.158. The summed E-state index contributed by atoms with van der Waals surface area (Å²) in [6.07, 6.45) is 3.14. The van der Waals surface area contributed by atoms with E-state index in [2.05, 4.69) is 13.8 Å². The molecule has 0 aliphatic carbocycles. The summed E-state index contributed by atoms with van der Waals surface area (Å²) in [6.45, 7) is 8.21. The van der Waals surface area contributed by atoms with Gasteiger partial charge in [0.1, 0.15) is 0 Å². The number of sulfone groups is 1. The zero-order valence-corrected chi connectivity index (χ0v) is 10.2. The summed E-state index contributed by atoms with van der Waals surface area (Å²) in [7, 11) is -2.86. The molecule has 0 saturated heterocycles. The van der Waals surface area contributed by atoms with E-state index in [-0.39, 0.29) is 11.2 Å². The standard InChI is InChI=1S/C10H22O2S/c1-8(2)6-7-10(9(3)4)13(5,11)12/h8-10H,6-7H2,1-5H3. The second-order valence-corrected chi connectivity index (χ2v) is 6.85. The van der Waals surface area contributed by atoms with Crippen LogP contribution in [0.2, 0.25) is 0 Å². The van der Waals surface area contributed by atoms with Crippen LogP contribution in [-0.2, 0) is 9.84 Å². The van der Waals surface area contributed by atoms with Crippen LogP contribution in [0.15, 0.2) is 0 Å². The minimum atomic E-state index is -2.86. The topological polar surface area (TPSA) is 34.1 Å². The lowest BCUT2D eigenvalue weighted by Gasteiger charge is -2.19. The van der Waals surface area contributed by atoms with Crippen LogP contribution < -0.4 is 0 Å². The highest BCUT2D eigenvalue weighted by Crippen LogP contribution is 2.19. The van der Waals surface area contributed by atoms with Crippen LogP contribution in [0.25, 0.3) is 0 Å². The molecular formula is C10H22O2S. The van der Waals surface area contributed by atoms with E-state index in [0.29, 0.717) is 5.92 Å². The Morgan fingerprint density at radius 1 is 1.00 bits per heavy atom. The summed E-state index contributed by atoms with van der Waals surface area (Å²) < 4.78 is 22.8. The first-order chi connectivity index (χ1) is 5.75. The molecular weight excluding hydrogens is 184 g/mol. The van der Waals surface area contributed by atoms with Crippen molar-refractivity contribution in [3.8, 4) is 0 Å². The fourth-order valence-corrected chi connectivity index (χ4v) is 3.09. The molecule has 0 heterocycles. The molecule has 0 radical (unpaired) electrons. The lowest BCUT2D eigenvalue weighted by Crippen LogP contribution is -2.26. The van der Waals surface area contributed by atoms with E-state index < -0.39 is 9.84 Å². The lowest BCUT2D eigenvalue weighted by atomic mass is 10.0. The van der Waals surface area contributed by atoms with Crippen LogP contribution in [0.1, 0.15) is 40.5 Å². The smallest absolute Gasteiger partial charge is 0.150 e. The second-order valence-electron chi connectivity index (χ2n) is 4.58. The van der Waals surface area contributed by atoms with Crippen molar-refractivity contribution in [2.75, 3.05) is 6.26 Å². The third-order valence-corrected chi connectivity index (χ3v) is 4.20. The van der Waals surface area contributed by atoms with Gasteiger partial charge in [0.2, 0.25) is 0 Å². The normalized spacial score (nSPS) is 15.3. The third-order valence-electron chi connectivity index (χ3n) is 2.32. The largest absolute Gasteiger partial charge is 0.229 e. The Labute approximate surface area is 82.6 Å². The van der Waals surface area contributed by atoms with Crippen LogP contribution in [-0.4, -0.2) is 19.9 Å². The fourth-order valence-electron chi connectivity index (χ4n) is 1.54. The fraction of sp³-hybridized carbons (Fsp3) is 1.00. The first kappa shape index (κ1) is 12.9. The molecule has 2 nitrogen and oxygen atoms in total. The Bertz CT molecular complexity index is 227. The van der Waals surface area contributed by atoms with Crippen LogP contribution in [0.5, 0.6) is 0 Å². The van der Waals surface area contributed by atoms with E-state index in [1.54, 1.807) is 0 Å². The van der Waals surface area contributed by atoms with Crippen LogP contribution >= 0.6 is 0 Å². The third kappa shape index (κ3) is 5.29. The summed E-state index contributed by atoms with van der Waals surface area (Å²) >= 11 is 0. The van der Waals surface area contributed by atoms with Gasteiger partial charge in [-0.3, -0.25) is 0 Å². The van der Waals surface area contributed by atoms with Gasteiger partial charge in [-0.15, -0.1) is 0 Å². The highest BCUT2D eigenvalue weighted by molar-refractivity contribution is 7.91. The molecule has 80 valence electrons. The second kappa shape index (κ2) is 4.99. The van der Waals surface area contributed by atoms with E-state index in [0.717, 1.165) is 12.8 Å². The van der Waals surface area contributed by atoms with Crippen LogP contribution in [0.3, 0.4) is 0 Å². The highest BCUT2D eigenvalue weighted by Gasteiger charge is 2.23. The Morgan fingerprint density at radius 2 is 1.46 bits per heavy atom. The van der Waals surface area contributed by atoms with Crippen molar-refractivity contribution in [2.24, 2.45) is 11.8 Å². The van der Waals surface area contributed by atoms with Crippen molar-refractivity contribution in [3.05, 3.63) is 0 Å². The van der Waals surface area contributed by atoms with Gasteiger partial charge < -0.3 is 0 Å². The molecule has 0 aromatic carbocycles. The SMILES string of the molecule is CC(C)CCC(C(C)C)S(C)(=O)=O. The van der Waals surface area contributed by atoms with Crippen molar-refractivity contribution >= 4 is 9.84 Å². The monoisotopic (exact) mass is 206 g/mol. The van der Waals surface area contributed by atoms with Crippen LogP contribution in [0.4, 0.5) is 0 Å². The predicted octanol–water partition coefficient (Wildman–Crippen LogP) is 2.49. The molecule has 0 rings (SSSR count). The van der Waals surface area contributed by atoms with E-state index in [1.807, 2.05) is 13.8 Å². The van der Waals surface area contributed by atoms with Crippen molar-refractivity contribution in [1.29, 1.82) is 0 Å². The first-order valence-corrected chi connectivity index (χ1v) is 6.89. The average molecular weight is 206 g/mol. The van der Waals surface area contributed by atoms with Gasteiger partial charge >= 0.3 is 0 Å². The van der Waals surface area contributed by atoms with E-state index >= 15 is 0 Å². The summed E-state index contributed by atoms with van der Waals surface area (Å²) in [5.74, 6) is 0.816. The molecule has 0 N–H and O–H groups in total. The highest BCUT2D eigenvalue weighted by atomic mass is 32.2. The molecule has 0 aliphatic rings. The van der Waals surface area contributed by atoms with Crippen molar-refractivity contribution in [3.63, 3.8) is 0 Å². The van der Waals surface area contributed by atoms with Crippen molar-refractivity contribution < 1.29 is 8.42 Å². The first-order valence-electron chi connectivity index (χ1n) is 4.94. The number of hydrogen-bond donors (Lipinski definition) is 0. The quantitative estimate of drug-likeness (QED) is 0.692. The Hall–Kier alpha value is -0.0500. The van der Waals surface area contributed by atoms with E-state index in [1.165, 1.54) is 6.26 Å². The summed E-state index contributed by atoms with van der Waals surface area (Å²) in [5.41, 5.74) is 0.